The molecule has 18 heavy (non-hydrogen) atoms. The van der Waals surface area contributed by atoms with Crippen molar-refractivity contribution in [2.24, 2.45) is 0 Å². The molecule has 0 atom stereocenters. The minimum absolute atomic E-state index is 0.229. The minimum Gasteiger partial charge on any atom is -0.338 e. The van der Waals surface area contributed by atoms with Gasteiger partial charge in [-0.1, -0.05) is 50.8 Å². The van der Waals surface area contributed by atoms with Gasteiger partial charge in [0.25, 0.3) is 5.91 Å². The van der Waals surface area contributed by atoms with Gasteiger partial charge in [0.1, 0.15) is 0 Å². The summed E-state index contributed by atoms with van der Waals surface area (Å²) >= 11 is 0. The fourth-order valence-electron chi connectivity index (χ4n) is 2.59. The second-order valence-electron chi connectivity index (χ2n) is 5.11. The Labute approximate surface area is 110 Å². The maximum Gasteiger partial charge on any atom is 0.254 e. The van der Waals surface area contributed by atoms with Crippen LogP contribution in [-0.2, 0) is 6.42 Å². The van der Waals surface area contributed by atoms with Crippen LogP contribution < -0.4 is 0 Å². The second-order valence-corrected chi connectivity index (χ2v) is 5.11. The van der Waals surface area contributed by atoms with Gasteiger partial charge in [0.15, 0.2) is 0 Å². The van der Waals surface area contributed by atoms with Crippen LogP contribution in [0.25, 0.3) is 0 Å². The van der Waals surface area contributed by atoms with Gasteiger partial charge in [-0.25, -0.2) is 0 Å². The number of carbonyl (C=O) groups excluding carboxylic acids is 1. The summed E-state index contributed by atoms with van der Waals surface area (Å²) < 4.78 is 0. The molecule has 1 heterocycles. The molecule has 0 saturated carbocycles. The number of hydrogen-bond donors (Lipinski definition) is 0. The maximum atomic E-state index is 12.3. The van der Waals surface area contributed by atoms with E-state index in [0.717, 1.165) is 31.5 Å². The Kier molecular flexibility index (Phi) is 4.80. The number of hydrogen-bond acceptors (Lipinski definition) is 1. The zero-order chi connectivity index (χ0) is 12.8. The van der Waals surface area contributed by atoms with Crippen molar-refractivity contribution >= 4 is 5.91 Å². The number of benzene rings is 1. The summed E-state index contributed by atoms with van der Waals surface area (Å²) in [5.74, 6) is 0.229. The largest absolute Gasteiger partial charge is 0.338 e. The lowest BCUT2D eigenvalue weighted by atomic mass is 9.99. The molecule has 0 radical (unpaired) electrons. The van der Waals surface area contributed by atoms with Crippen LogP contribution in [0, 0.1) is 0 Å². The Bertz CT molecular complexity index is 400. The van der Waals surface area contributed by atoms with Crippen molar-refractivity contribution in [1.29, 1.82) is 0 Å². The van der Waals surface area contributed by atoms with Crippen molar-refractivity contribution in [3.05, 3.63) is 35.4 Å². The molecule has 0 unspecified atom stereocenters. The first-order chi connectivity index (χ1) is 8.83. The summed E-state index contributed by atoms with van der Waals surface area (Å²) in [4.78, 5) is 14.3. The Hall–Kier alpha value is -1.31. The molecule has 2 rings (SSSR count). The standard InChI is InChI=1S/C16H23NO/c1-2-3-4-5-8-12-17-13-11-14-9-6-7-10-15(14)16(17)18/h6-7,9-10H,2-5,8,11-13H2,1H3. The van der Waals surface area contributed by atoms with Crippen LogP contribution in [0.2, 0.25) is 0 Å². The van der Waals surface area contributed by atoms with Crippen LogP contribution in [0.5, 0.6) is 0 Å². The summed E-state index contributed by atoms with van der Waals surface area (Å²) in [5.41, 5.74) is 2.13. The van der Waals surface area contributed by atoms with E-state index in [2.05, 4.69) is 13.0 Å². The van der Waals surface area contributed by atoms with Gasteiger partial charge in [-0.3, -0.25) is 4.79 Å². The van der Waals surface area contributed by atoms with Crippen LogP contribution in [0.4, 0.5) is 0 Å². The fourth-order valence-corrected chi connectivity index (χ4v) is 2.59. The number of amides is 1. The molecule has 0 aliphatic carbocycles. The third kappa shape index (κ3) is 3.12. The molecule has 0 bridgehead atoms. The third-order valence-electron chi connectivity index (χ3n) is 3.72. The highest BCUT2D eigenvalue weighted by Gasteiger charge is 2.22. The van der Waals surface area contributed by atoms with E-state index in [-0.39, 0.29) is 5.91 Å². The number of rotatable bonds is 6. The zero-order valence-electron chi connectivity index (χ0n) is 11.3. The van der Waals surface area contributed by atoms with E-state index >= 15 is 0 Å². The van der Waals surface area contributed by atoms with E-state index in [4.69, 9.17) is 0 Å². The number of nitrogens with zero attached hydrogens (tertiary/aromatic N) is 1. The van der Waals surface area contributed by atoms with Crippen molar-refractivity contribution in [2.75, 3.05) is 13.1 Å². The van der Waals surface area contributed by atoms with E-state index < -0.39 is 0 Å². The predicted octanol–water partition coefficient (Wildman–Crippen LogP) is 3.66. The molecule has 98 valence electrons. The fraction of sp³-hybridized carbons (Fsp3) is 0.562. The molecule has 0 spiro atoms. The average Bonchev–Trinajstić information content (AvgIpc) is 2.41. The van der Waals surface area contributed by atoms with Crippen LogP contribution in [0.3, 0.4) is 0 Å². The molecule has 0 saturated heterocycles. The summed E-state index contributed by atoms with van der Waals surface area (Å²) in [6.45, 7) is 4.05. The Balaban J connectivity index is 1.84. The van der Waals surface area contributed by atoms with Crippen molar-refractivity contribution in [2.45, 2.75) is 45.4 Å². The predicted molar refractivity (Wildman–Crippen MR) is 74.8 cm³/mol. The molecule has 2 heteroatoms. The van der Waals surface area contributed by atoms with Gasteiger partial charge in [0, 0.05) is 18.7 Å². The lowest BCUT2D eigenvalue weighted by molar-refractivity contribution is 0.0736. The first kappa shape index (κ1) is 13.1. The van der Waals surface area contributed by atoms with E-state index in [0.29, 0.717) is 0 Å². The molecule has 1 amide bonds. The quantitative estimate of drug-likeness (QED) is 0.700. The lowest BCUT2D eigenvalue weighted by Crippen LogP contribution is -2.38. The van der Waals surface area contributed by atoms with E-state index in [1.165, 1.54) is 31.2 Å². The minimum atomic E-state index is 0.229. The Morgan fingerprint density at radius 2 is 1.89 bits per heavy atom. The highest BCUT2D eigenvalue weighted by Crippen LogP contribution is 2.19. The third-order valence-corrected chi connectivity index (χ3v) is 3.72. The van der Waals surface area contributed by atoms with Gasteiger partial charge >= 0.3 is 0 Å². The van der Waals surface area contributed by atoms with Crippen LogP contribution in [0.15, 0.2) is 24.3 Å². The molecule has 2 nitrogen and oxygen atoms in total. The van der Waals surface area contributed by atoms with Crippen molar-refractivity contribution in [3.63, 3.8) is 0 Å². The van der Waals surface area contributed by atoms with Crippen molar-refractivity contribution in [1.82, 2.24) is 4.90 Å². The molecule has 0 aromatic heterocycles. The average molecular weight is 245 g/mol. The van der Waals surface area contributed by atoms with E-state index in [1.54, 1.807) is 0 Å². The lowest BCUT2D eigenvalue weighted by Gasteiger charge is -2.28. The van der Waals surface area contributed by atoms with Gasteiger partial charge in [-0.15, -0.1) is 0 Å². The van der Waals surface area contributed by atoms with Crippen LogP contribution in [-0.4, -0.2) is 23.9 Å². The Morgan fingerprint density at radius 1 is 1.11 bits per heavy atom. The topological polar surface area (TPSA) is 20.3 Å². The highest BCUT2D eigenvalue weighted by molar-refractivity contribution is 5.96. The molecular formula is C16H23NO. The van der Waals surface area contributed by atoms with Crippen LogP contribution in [0.1, 0.15) is 54.9 Å². The molecular weight excluding hydrogens is 222 g/mol. The zero-order valence-corrected chi connectivity index (χ0v) is 11.3. The number of fused-ring (bicyclic) bond motifs is 1. The van der Waals surface area contributed by atoms with Gasteiger partial charge in [0.05, 0.1) is 0 Å². The smallest absolute Gasteiger partial charge is 0.254 e. The molecule has 1 aromatic carbocycles. The van der Waals surface area contributed by atoms with Crippen LogP contribution >= 0.6 is 0 Å². The second kappa shape index (κ2) is 6.58. The first-order valence-corrected chi connectivity index (χ1v) is 7.20. The van der Waals surface area contributed by atoms with Crippen molar-refractivity contribution < 1.29 is 4.79 Å². The van der Waals surface area contributed by atoms with E-state index in [9.17, 15) is 4.79 Å². The van der Waals surface area contributed by atoms with Gasteiger partial charge in [-0.2, -0.15) is 0 Å². The van der Waals surface area contributed by atoms with Crippen molar-refractivity contribution in [3.8, 4) is 0 Å². The summed E-state index contributed by atoms with van der Waals surface area (Å²) in [6, 6.07) is 8.01. The summed E-state index contributed by atoms with van der Waals surface area (Å²) in [7, 11) is 0. The normalized spacial score (nSPS) is 14.7. The molecule has 1 aliphatic rings. The van der Waals surface area contributed by atoms with E-state index in [1.807, 2.05) is 23.1 Å². The maximum absolute atomic E-state index is 12.3. The molecule has 0 N–H and O–H groups in total. The molecule has 1 aromatic rings. The molecule has 1 aliphatic heterocycles. The van der Waals surface area contributed by atoms with Gasteiger partial charge in [0.2, 0.25) is 0 Å². The van der Waals surface area contributed by atoms with Gasteiger partial charge in [-0.05, 0) is 24.5 Å². The van der Waals surface area contributed by atoms with Gasteiger partial charge < -0.3 is 4.90 Å². The number of carbonyl (C=O) groups is 1. The first-order valence-electron chi connectivity index (χ1n) is 7.20. The number of unbranched alkanes of at least 4 members (excludes halogenated alkanes) is 4. The summed E-state index contributed by atoms with van der Waals surface area (Å²) in [6.07, 6.45) is 7.30. The molecule has 0 fully saturated rings. The Morgan fingerprint density at radius 3 is 2.72 bits per heavy atom. The SMILES string of the molecule is CCCCCCCN1CCc2ccccc2C1=O. The highest BCUT2D eigenvalue weighted by atomic mass is 16.2. The summed E-state index contributed by atoms with van der Waals surface area (Å²) in [5, 5.41) is 0. The monoisotopic (exact) mass is 245 g/mol.